The van der Waals surface area contributed by atoms with Crippen molar-refractivity contribution in [2.75, 3.05) is 12.3 Å². The standard InChI is InChI=1S/C12H11ClN2O2S/c1-2-17-12(16)11-9(14)10(15-18-11)7-3-5-8(13)6-4-7/h3-6H,2,14H2,1H3. The van der Waals surface area contributed by atoms with Crippen LogP contribution in [0.5, 0.6) is 0 Å². The molecule has 2 N–H and O–H groups in total. The van der Waals surface area contributed by atoms with Gasteiger partial charge in [-0.25, -0.2) is 4.79 Å². The highest BCUT2D eigenvalue weighted by Gasteiger charge is 2.19. The first-order valence-electron chi connectivity index (χ1n) is 5.31. The lowest BCUT2D eigenvalue weighted by atomic mass is 10.1. The van der Waals surface area contributed by atoms with Gasteiger partial charge in [0.15, 0.2) is 4.88 Å². The molecule has 2 aromatic rings. The normalized spacial score (nSPS) is 10.3. The van der Waals surface area contributed by atoms with Crippen LogP contribution in [0.15, 0.2) is 24.3 Å². The Morgan fingerprint density at radius 3 is 2.72 bits per heavy atom. The average Bonchev–Trinajstić information content (AvgIpc) is 2.73. The summed E-state index contributed by atoms with van der Waals surface area (Å²) in [7, 11) is 0. The number of carbonyl (C=O) groups is 1. The lowest BCUT2D eigenvalue weighted by Crippen LogP contribution is -2.05. The van der Waals surface area contributed by atoms with Crippen LogP contribution in [0.1, 0.15) is 16.6 Å². The summed E-state index contributed by atoms with van der Waals surface area (Å²) in [6.07, 6.45) is 0. The van der Waals surface area contributed by atoms with Crippen molar-refractivity contribution in [3.63, 3.8) is 0 Å². The van der Waals surface area contributed by atoms with E-state index in [0.717, 1.165) is 17.1 Å². The van der Waals surface area contributed by atoms with Gasteiger partial charge in [-0.1, -0.05) is 23.7 Å². The molecule has 1 aromatic heterocycles. The minimum absolute atomic E-state index is 0.312. The van der Waals surface area contributed by atoms with Crippen LogP contribution >= 0.6 is 23.1 Å². The van der Waals surface area contributed by atoms with Crippen molar-refractivity contribution in [3.05, 3.63) is 34.2 Å². The smallest absolute Gasteiger partial charge is 0.352 e. The van der Waals surface area contributed by atoms with E-state index in [-0.39, 0.29) is 0 Å². The molecule has 0 aliphatic heterocycles. The van der Waals surface area contributed by atoms with Gasteiger partial charge in [-0.3, -0.25) is 0 Å². The van der Waals surface area contributed by atoms with Gasteiger partial charge in [0.25, 0.3) is 0 Å². The molecule has 0 aliphatic carbocycles. The molecule has 2 rings (SSSR count). The molecule has 1 aromatic carbocycles. The first-order chi connectivity index (χ1) is 8.63. The second kappa shape index (κ2) is 5.37. The monoisotopic (exact) mass is 282 g/mol. The molecule has 0 saturated heterocycles. The Morgan fingerprint density at radius 1 is 1.44 bits per heavy atom. The van der Waals surface area contributed by atoms with Crippen LogP contribution in [-0.2, 0) is 4.74 Å². The van der Waals surface area contributed by atoms with Gasteiger partial charge in [0.2, 0.25) is 0 Å². The highest BCUT2D eigenvalue weighted by molar-refractivity contribution is 7.09. The number of nitrogens with two attached hydrogens (primary N) is 1. The largest absolute Gasteiger partial charge is 0.462 e. The second-order valence-corrected chi connectivity index (χ2v) is 4.71. The van der Waals surface area contributed by atoms with Crippen molar-refractivity contribution in [3.8, 4) is 11.3 Å². The molecule has 0 aliphatic rings. The van der Waals surface area contributed by atoms with Crippen molar-refractivity contribution < 1.29 is 9.53 Å². The van der Waals surface area contributed by atoms with E-state index in [2.05, 4.69) is 4.37 Å². The zero-order valence-electron chi connectivity index (χ0n) is 9.64. The molecule has 0 fully saturated rings. The molecular weight excluding hydrogens is 272 g/mol. The lowest BCUT2D eigenvalue weighted by Gasteiger charge is -2.01. The Bertz CT molecular complexity index is 566. The number of ether oxygens (including phenoxy) is 1. The summed E-state index contributed by atoms with van der Waals surface area (Å²) < 4.78 is 9.10. The molecule has 18 heavy (non-hydrogen) atoms. The second-order valence-electron chi connectivity index (χ2n) is 3.50. The van der Waals surface area contributed by atoms with Crippen molar-refractivity contribution in [2.24, 2.45) is 0 Å². The number of anilines is 1. The number of hydrogen-bond acceptors (Lipinski definition) is 5. The van der Waals surface area contributed by atoms with Gasteiger partial charge < -0.3 is 10.5 Å². The molecule has 0 unspecified atom stereocenters. The number of halogens is 1. The van der Waals surface area contributed by atoms with Gasteiger partial charge >= 0.3 is 5.97 Å². The first-order valence-corrected chi connectivity index (χ1v) is 6.46. The highest BCUT2D eigenvalue weighted by atomic mass is 35.5. The minimum Gasteiger partial charge on any atom is -0.462 e. The lowest BCUT2D eigenvalue weighted by molar-refractivity contribution is 0.0533. The van der Waals surface area contributed by atoms with Gasteiger partial charge in [-0.2, -0.15) is 4.37 Å². The van der Waals surface area contributed by atoms with E-state index >= 15 is 0 Å². The van der Waals surface area contributed by atoms with E-state index in [0.29, 0.717) is 27.9 Å². The van der Waals surface area contributed by atoms with Crippen LogP contribution in [0, 0.1) is 0 Å². The van der Waals surface area contributed by atoms with Crippen LogP contribution in [0.3, 0.4) is 0 Å². The summed E-state index contributed by atoms with van der Waals surface area (Å²) in [5.41, 5.74) is 7.67. The average molecular weight is 283 g/mol. The molecule has 0 spiro atoms. The maximum Gasteiger partial charge on any atom is 0.352 e. The number of rotatable bonds is 3. The third-order valence-electron chi connectivity index (χ3n) is 2.31. The van der Waals surface area contributed by atoms with Gasteiger partial charge in [0.1, 0.15) is 5.69 Å². The molecule has 0 saturated carbocycles. The Morgan fingerprint density at radius 2 is 2.11 bits per heavy atom. The van der Waals surface area contributed by atoms with E-state index in [4.69, 9.17) is 22.1 Å². The molecule has 0 bridgehead atoms. The molecule has 6 heteroatoms. The minimum atomic E-state index is -0.437. The molecule has 0 radical (unpaired) electrons. The van der Waals surface area contributed by atoms with E-state index in [1.807, 2.05) is 12.1 Å². The molecule has 0 atom stereocenters. The zero-order valence-corrected chi connectivity index (χ0v) is 11.2. The zero-order chi connectivity index (χ0) is 13.1. The van der Waals surface area contributed by atoms with Crippen LogP contribution in [0.4, 0.5) is 5.69 Å². The van der Waals surface area contributed by atoms with Crippen LogP contribution in [-0.4, -0.2) is 16.9 Å². The number of hydrogen-bond donors (Lipinski definition) is 1. The van der Waals surface area contributed by atoms with E-state index < -0.39 is 5.97 Å². The van der Waals surface area contributed by atoms with Crippen LogP contribution < -0.4 is 5.73 Å². The maximum absolute atomic E-state index is 11.6. The molecule has 94 valence electrons. The molecule has 4 nitrogen and oxygen atoms in total. The quantitative estimate of drug-likeness (QED) is 0.878. The molecule has 0 amide bonds. The predicted octanol–water partition coefficient (Wildman–Crippen LogP) is 3.22. The number of nitrogens with zero attached hydrogens (tertiary/aromatic N) is 1. The van der Waals surface area contributed by atoms with E-state index in [1.165, 1.54) is 0 Å². The van der Waals surface area contributed by atoms with Crippen LogP contribution in [0.25, 0.3) is 11.3 Å². The highest BCUT2D eigenvalue weighted by Crippen LogP contribution is 2.31. The Hall–Kier alpha value is -1.59. The predicted molar refractivity (Wildman–Crippen MR) is 72.9 cm³/mol. The summed E-state index contributed by atoms with van der Waals surface area (Å²) in [5.74, 6) is -0.437. The number of esters is 1. The van der Waals surface area contributed by atoms with E-state index in [9.17, 15) is 4.79 Å². The topological polar surface area (TPSA) is 65.2 Å². The SMILES string of the molecule is CCOC(=O)c1snc(-c2ccc(Cl)cc2)c1N. The fraction of sp³-hybridized carbons (Fsp3) is 0.167. The van der Waals surface area contributed by atoms with Crippen molar-refractivity contribution in [1.82, 2.24) is 4.37 Å². The van der Waals surface area contributed by atoms with Gasteiger partial charge in [-0.05, 0) is 30.6 Å². The summed E-state index contributed by atoms with van der Waals surface area (Å²) in [5, 5.41) is 0.637. The number of benzene rings is 1. The Kier molecular flexibility index (Phi) is 3.84. The first kappa shape index (κ1) is 12.9. The summed E-state index contributed by atoms with van der Waals surface area (Å²) in [4.78, 5) is 11.9. The maximum atomic E-state index is 11.6. The van der Waals surface area contributed by atoms with Crippen molar-refractivity contribution in [2.45, 2.75) is 6.92 Å². The third kappa shape index (κ3) is 2.47. The summed E-state index contributed by atoms with van der Waals surface area (Å²) >= 11 is 6.85. The van der Waals surface area contributed by atoms with Gasteiger partial charge in [-0.15, -0.1) is 0 Å². The number of carbonyl (C=O) groups excluding carboxylic acids is 1. The van der Waals surface area contributed by atoms with Crippen molar-refractivity contribution in [1.29, 1.82) is 0 Å². The number of nitrogen functional groups attached to an aromatic ring is 1. The van der Waals surface area contributed by atoms with Crippen molar-refractivity contribution >= 4 is 34.8 Å². The van der Waals surface area contributed by atoms with E-state index in [1.54, 1.807) is 19.1 Å². The Labute approximate surface area is 114 Å². The van der Waals surface area contributed by atoms with Crippen LogP contribution in [0.2, 0.25) is 5.02 Å². The molecule has 1 heterocycles. The summed E-state index contributed by atoms with van der Waals surface area (Å²) in [6.45, 7) is 2.06. The number of aromatic nitrogens is 1. The summed E-state index contributed by atoms with van der Waals surface area (Å²) in [6, 6.07) is 7.12. The fourth-order valence-corrected chi connectivity index (χ4v) is 2.30. The fourth-order valence-electron chi connectivity index (χ4n) is 1.46. The van der Waals surface area contributed by atoms with Gasteiger partial charge in [0, 0.05) is 10.6 Å². The third-order valence-corrected chi connectivity index (χ3v) is 3.40. The molecular formula is C12H11ClN2O2S. The Balaban J connectivity index is 2.36. The van der Waals surface area contributed by atoms with Gasteiger partial charge in [0.05, 0.1) is 12.3 Å².